The monoisotopic (exact) mass is 332 g/mol. The maximum Gasteiger partial charge on any atom is 0.0841 e. The van der Waals surface area contributed by atoms with Crippen LogP contribution in [0.25, 0.3) is 10.9 Å². The molecule has 0 amide bonds. The summed E-state index contributed by atoms with van der Waals surface area (Å²) in [6.45, 7) is 2.35. The number of hydrogen-bond donors (Lipinski definition) is 1. The first-order valence-corrected chi connectivity index (χ1v) is 9.55. The Labute approximate surface area is 146 Å². The average molecular weight is 332 g/mol. The first-order valence-electron chi connectivity index (χ1n) is 8.61. The van der Waals surface area contributed by atoms with E-state index in [4.69, 9.17) is 4.98 Å². The van der Waals surface area contributed by atoms with Crippen LogP contribution in [0.2, 0.25) is 0 Å². The van der Waals surface area contributed by atoms with Crippen molar-refractivity contribution in [1.82, 2.24) is 4.98 Å². The van der Waals surface area contributed by atoms with Crippen molar-refractivity contribution in [2.24, 2.45) is 0 Å². The summed E-state index contributed by atoms with van der Waals surface area (Å²) in [5, 5.41) is 6.06. The molecule has 1 aromatic heterocycles. The third-order valence-corrected chi connectivity index (χ3v) is 6.91. The van der Waals surface area contributed by atoms with Crippen LogP contribution < -0.4 is 5.32 Å². The highest BCUT2D eigenvalue weighted by molar-refractivity contribution is 8.00. The van der Waals surface area contributed by atoms with Gasteiger partial charge in [-0.3, -0.25) is 4.98 Å². The quantitative estimate of drug-likeness (QED) is 0.679. The van der Waals surface area contributed by atoms with E-state index < -0.39 is 0 Å². The van der Waals surface area contributed by atoms with Gasteiger partial charge in [-0.05, 0) is 36.6 Å². The number of aromatic nitrogens is 1. The van der Waals surface area contributed by atoms with Crippen molar-refractivity contribution < 1.29 is 0 Å². The van der Waals surface area contributed by atoms with Crippen LogP contribution in [-0.2, 0) is 11.8 Å². The molecule has 0 spiro atoms. The van der Waals surface area contributed by atoms with Crippen LogP contribution in [0, 0.1) is 0 Å². The Morgan fingerprint density at radius 3 is 2.83 bits per heavy atom. The lowest BCUT2D eigenvalue weighted by atomic mass is 9.72. The van der Waals surface area contributed by atoms with Gasteiger partial charge in [0.05, 0.1) is 16.6 Å². The number of nitrogens with one attached hydrogen (secondary N) is 1. The van der Waals surface area contributed by atoms with Gasteiger partial charge in [0.25, 0.3) is 0 Å². The van der Waals surface area contributed by atoms with Crippen LogP contribution in [0.4, 0.5) is 5.69 Å². The van der Waals surface area contributed by atoms with Gasteiger partial charge in [0.1, 0.15) is 0 Å². The van der Waals surface area contributed by atoms with Gasteiger partial charge in [0.15, 0.2) is 0 Å². The number of pyridine rings is 1. The molecule has 0 bridgehead atoms. The Morgan fingerprint density at radius 2 is 1.88 bits per heavy atom. The molecule has 2 aliphatic rings. The fourth-order valence-electron chi connectivity index (χ4n) is 4.34. The fourth-order valence-corrected chi connectivity index (χ4v) is 5.95. The van der Waals surface area contributed by atoms with Gasteiger partial charge in [-0.15, -0.1) is 11.8 Å². The number of nitrogens with zero attached hydrogens (tertiary/aromatic N) is 1. The normalized spacial score (nSPS) is 28.2. The smallest absolute Gasteiger partial charge is 0.0841 e. The summed E-state index contributed by atoms with van der Waals surface area (Å²) in [7, 11) is 0. The molecule has 3 heteroatoms. The Bertz CT molecular complexity index is 922. The van der Waals surface area contributed by atoms with E-state index in [9.17, 15) is 0 Å². The number of thioether (sulfide) groups is 1. The van der Waals surface area contributed by atoms with Crippen molar-refractivity contribution in [2.75, 3.05) is 5.32 Å². The molecule has 24 heavy (non-hydrogen) atoms. The zero-order valence-corrected chi connectivity index (χ0v) is 14.5. The van der Waals surface area contributed by atoms with Crippen molar-refractivity contribution in [3.8, 4) is 0 Å². The van der Waals surface area contributed by atoms with E-state index in [0.29, 0.717) is 10.6 Å². The molecular weight excluding hydrogens is 312 g/mol. The minimum atomic E-state index is 0.0858. The Hall–Kier alpha value is -2.00. The van der Waals surface area contributed by atoms with Crippen molar-refractivity contribution in [3.05, 3.63) is 71.9 Å². The molecule has 0 aliphatic carbocycles. The second kappa shape index (κ2) is 5.25. The zero-order chi connectivity index (χ0) is 16.1. The second-order valence-corrected chi connectivity index (χ2v) is 8.60. The molecule has 3 unspecified atom stereocenters. The first-order chi connectivity index (χ1) is 11.7. The standard InChI is InChI=1S/C21H20N2S/c1-14-12-21(19-11-10-15-6-2-4-8-17(15)22-19)13-16-7-3-5-9-18(16)23-20(21)24-14/h2-11,14,20,23H,12-13H2,1H3. The summed E-state index contributed by atoms with van der Waals surface area (Å²) in [5.41, 5.74) is 5.14. The van der Waals surface area contributed by atoms with E-state index in [1.165, 1.54) is 28.8 Å². The molecule has 0 radical (unpaired) electrons. The van der Waals surface area contributed by atoms with E-state index in [1.54, 1.807) is 0 Å². The molecule has 3 aromatic rings. The summed E-state index contributed by atoms with van der Waals surface area (Å²) >= 11 is 2.06. The Morgan fingerprint density at radius 1 is 1.04 bits per heavy atom. The summed E-state index contributed by atoms with van der Waals surface area (Å²) in [6.07, 6.45) is 2.25. The lowest BCUT2D eigenvalue weighted by Crippen LogP contribution is -2.44. The minimum Gasteiger partial charge on any atom is -0.372 e. The van der Waals surface area contributed by atoms with E-state index in [0.717, 1.165) is 11.9 Å². The van der Waals surface area contributed by atoms with Gasteiger partial charge in [0, 0.05) is 21.7 Å². The van der Waals surface area contributed by atoms with Gasteiger partial charge in [0.2, 0.25) is 0 Å². The maximum absolute atomic E-state index is 5.09. The Balaban J connectivity index is 1.67. The highest BCUT2D eigenvalue weighted by Crippen LogP contribution is 2.53. The van der Waals surface area contributed by atoms with E-state index in [-0.39, 0.29) is 5.41 Å². The Kier molecular flexibility index (Phi) is 3.14. The summed E-state index contributed by atoms with van der Waals surface area (Å²) in [4.78, 5) is 5.09. The van der Waals surface area contributed by atoms with Crippen molar-refractivity contribution in [3.63, 3.8) is 0 Å². The van der Waals surface area contributed by atoms with Gasteiger partial charge in [-0.1, -0.05) is 49.4 Å². The molecular formula is C21H20N2S. The van der Waals surface area contributed by atoms with Crippen molar-refractivity contribution in [1.29, 1.82) is 0 Å². The van der Waals surface area contributed by atoms with E-state index in [2.05, 4.69) is 84.7 Å². The predicted molar refractivity (Wildman–Crippen MR) is 103 cm³/mol. The second-order valence-electron chi connectivity index (χ2n) is 7.05. The van der Waals surface area contributed by atoms with Gasteiger partial charge in [-0.2, -0.15) is 0 Å². The van der Waals surface area contributed by atoms with Crippen molar-refractivity contribution in [2.45, 2.75) is 35.8 Å². The lowest BCUT2D eigenvalue weighted by Gasteiger charge is -2.40. The molecule has 3 atom stereocenters. The molecule has 0 saturated carbocycles. The number of fused-ring (bicyclic) bond motifs is 3. The molecule has 1 fully saturated rings. The summed E-state index contributed by atoms with van der Waals surface area (Å²) < 4.78 is 0. The van der Waals surface area contributed by atoms with E-state index in [1.807, 2.05) is 0 Å². The zero-order valence-electron chi connectivity index (χ0n) is 13.7. The third-order valence-electron chi connectivity index (χ3n) is 5.44. The molecule has 2 aromatic carbocycles. The van der Waals surface area contributed by atoms with Crippen LogP contribution in [0.15, 0.2) is 60.7 Å². The SMILES string of the molecule is CC1CC2(c3ccc4ccccc4n3)Cc3ccccc3NC2S1. The minimum absolute atomic E-state index is 0.0858. The first kappa shape index (κ1) is 14.4. The largest absolute Gasteiger partial charge is 0.372 e. The van der Waals surface area contributed by atoms with Crippen LogP contribution in [0.1, 0.15) is 24.6 Å². The van der Waals surface area contributed by atoms with Crippen LogP contribution >= 0.6 is 11.8 Å². The number of hydrogen-bond acceptors (Lipinski definition) is 3. The lowest BCUT2D eigenvalue weighted by molar-refractivity contribution is 0.395. The summed E-state index contributed by atoms with van der Waals surface area (Å²) in [5.74, 6) is 0. The fraction of sp³-hybridized carbons (Fsp3) is 0.286. The van der Waals surface area contributed by atoms with Crippen LogP contribution in [-0.4, -0.2) is 15.6 Å². The number of benzene rings is 2. The molecule has 2 nitrogen and oxygen atoms in total. The molecule has 1 saturated heterocycles. The van der Waals surface area contributed by atoms with Gasteiger partial charge >= 0.3 is 0 Å². The maximum atomic E-state index is 5.09. The highest BCUT2D eigenvalue weighted by Gasteiger charge is 2.51. The molecule has 3 heterocycles. The molecule has 5 rings (SSSR count). The molecule has 1 N–H and O–H groups in total. The van der Waals surface area contributed by atoms with E-state index >= 15 is 0 Å². The van der Waals surface area contributed by atoms with Gasteiger partial charge < -0.3 is 5.32 Å². The number of para-hydroxylation sites is 2. The predicted octanol–water partition coefficient (Wildman–Crippen LogP) is 4.99. The summed E-state index contributed by atoms with van der Waals surface area (Å²) in [6, 6.07) is 21.6. The number of anilines is 1. The topological polar surface area (TPSA) is 24.9 Å². The average Bonchev–Trinajstić information content (AvgIpc) is 2.95. The third kappa shape index (κ3) is 2.07. The van der Waals surface area contributed by atoms with Crippen LogP contribution in [0.5, 0.6) is 0 Å². The molecule has 2 aliphatic heterocycles. The van der Waals surface area contributed by atoms with Gasteiger partial charge in [-0.25, -0.2) is 0 Å². The molecule has 120 valence electrons. The highest BCUT2D eigenvalue weighted by atomic mass is 32.2. The number of rotatable bonds is 1. The van der Waals surface area contributed by atoms with Crippen LogP contribution in [0.3, 0.4) is 0 Å². The van der Waals surface area contributed by atoms with Crippen molar-refractivity contribution >= 4 is 28.4 Å².